The Balaban J connectivity index is 1.44. The molecule has 0 N–H and O–H groups in total. The normalized spacial score (nSPS) is 12.5. The number of ether oxygens (including phenoxy) is 1. The highest BCUT2D eigenvalue weighted by molar-refractivity contribution is 5.97. The van der Waals surface area contributed by atoms with Crippen LogP contribution in [0.25, 0.3) is 6.08 Å². The van der Waals surface area contributed by atoms with Gasteiger partial charge in [0.2, 0.25) is 0 Å². The highest BCUT2D eigenvalue weighted by Crippen LogP contribution is 2.22. The van der Waals surface area contributed by atoms with Crippen LogP contribution in [0.4, 0.5) is 0 Å². The van der Waals surface area contributed by atoms with Crippen molar-refractivity contribution in [2.45, 2.75) is 39.5 Å². The first-order valence-corrected chi connectivity index (χ1v) is 10.4. The van der Waals surface area contributed by atoms with Gasteiger partial charge in [-0.3, -0.25) is 4.79 Å². The third-order valence-corrected chi connectivity index (χ3v) is 4.76. The number of hydrogen-bond donors (Lipinski definition) is 0. The quantitative estimate of drug-likeness (QED) is 0.458. The fourth-order valence-electron chi connectivity index (χ4n) is 3.19. The predicted octanol–water partition coefficient (Wildman–Crippen LogP) is 3.31. The summed E-state index contributed by atoms with van der Waals surface area (Å²) in [5.74, 6) is 5.45. The minimum absolute atomic E-state index is 0.164. The lowest BCUT2D eigenvalue weighted by atomic mass is 10.0. The van der Waals surface area contributed by atoms with E-state index in [0.29, 0.717) is 29.9 Å². The minimum atomic E-state index is -0.577. The van der Waals surface area contributed by atoms with Gasteiger partial charge in [0, 0.05) is 24.2 Å². The molecule has 0 bridgehead atoms. The summed E-state index contributed by atoms with van der Waals surface area (Å²) in [4.78, 5) is 31.2. The second-order valence-corrected chi connectivity index (χ2v) is 8.50. The molecular formula is C25H23N5O3. The summed E-state index contributed by atoms with van der Waals surface area (Å²) in [6.45, 7) is 6.26. The van der Waals surface area contributed by atoms with Gasteiger partial charge in [0.1, 0.15) is 17.8 Å². The fourth-order valence-corrected chi connectivity index (χ4v) is 3.19. The van der Waals surface area contributed by atoms with E-state index in [1.807, 2.05) is 32.9 Å². The lowest BCUT2D eigenvalue weighted by Gasteiger charge is -2.24. The van der Waals surface area contributed by atoms with Crippen molar-refractivity contribution in [3.8, 4) is 11.8 Å². The van der Waals surface area contributed by atoms with Crippen molar-refractivity contribution in [2.75, 3.05) is 0 Å². The zero-order chi connectivity index (χ0) is 23.4. The lowest BCUT2D eigenvalue weighted by molar-refractivity contribution is 0.00692. The van der Waals surface area contributed by atoms with Crippen molar-refractivity contribution in [1.29, 1.82) is 0 Å². The molecule has 1 aliphatic heterocycles. The highest BCUT2D eigenvalue weighted by atomic mass is 16.6. The predicted molar refractivity (Wildman–Crippen MR) is 122 cm³/mol. The molecule has 2 aromatic heterocycles. The SMILES string of the molecule is CC(C)(C)OC(=O)c1ccc(C(=O)N2C=Cc3cnc(C#CCn4ccnn4)cc3C2)cc1. The fraction of sp³-hybridized carbons (Fsp3) is 0.240. The molecule has 1 amide bonds. The summed E-state index contributed by atoms with van der Waals surface area (Å²) in [6.07, 6.45) is 8.68. The largest absolute Gasteiger partial charge is 0.456 e. The molecule has 0 spiro atoms. The molecule has 0 saturated heterocycles. The average Bonchev–Trinajstić information content (AvgIpc) is 3.30. The molecule has 1 aliphatic rings. The summed E-state index contributed by atoms with van der Waals surface area (Å²) >= 11 is 0. The maximum absolute atomic E-state index is 13.0. The Morgan fingerprint density at radius 1 is 1.15 bits per heavy atom. The number of aromatic nitrogens is 4. The Morgan fingerprint density at radius 3 is 2.61 bits per heavy atom. The van der Waals surface area contributed by atoms with E-state index in [0.717, 1.165) is 11.1 Å². The molecular weight excluding hydrogens is 418 g/mol. The van der Waals surface area contributed by atoms with Crippen molar-refractivity contribution in [3.63, 3.8) is 0 Å². The van der Waals surface area contributed by atoms with E-state index in [-0.39, 0.29) is 5.91 Å². The maximum atomic E-state index is 13.0. The molecule has 0 atom stereocenters. The van der Waals surface area contributed by atoms with Crippen LogP contribution < -0.4 is 0 Å². The lowest BCUT2D eigenvalue weighted by Crippen LogP contribution is -2.27. The molecule has 0 saturated carbocycles. The first kappa shape index (κ1) is 22.0. The zero-order valence-electron chi connectivity index (χ0n) is 18.6. The van der Waals surface area contributed by atoms with Crippen molar-refractivity contribution in [2.24, 2.45) is 0 Å². The van der Waals surface area contributed by atoms with Gasteiger partial charge in [0.15, 0.2) is 0 Å². The molecule has 4 rings (SSSR count). The topological polar surface area (TPSA) is 90.2 Å². The summed E-state index contributed by atoms with van der Waals surface area (Å²) in [5, 5.41) is 7.62. The third-order valence-electron chi connectivity index (χ3n) is 4.76. The monoisotopic (exact) mass is 441 g/mol. The van der Waals surface area contributed by atoms with E-state index < -0.39 is 11.6 Å². The highest BCUT2D eigenvalue weighted by Gasteiger charge is 2.21. The van der Waals surface area contributed by atoms with Gasteiger partial charge in [-0.05, 0) is 74.2 Å². The number of carbonyl (C=O) groups is 2. The van der Waals surface area contributed by atoms with Gasteiger partial charge < -0.3 is 9.64 Å². The number of rotatable bonds is 3. The molecule has 166 valence electrons. The number of esters is 1. The second kappa shape index (κ2) is 9.09. The van der Waals surface area contributed by atoms with Crippen LogP contribution in [-0.2, 0) is 17.8 Å². The molecule has 1 aromatic carbocycles. The van der Waals surface area contributed by atoms with E-state index in [9.17, 15) is 9.59 Å². The second-order valence-electron chi connectivity index (χ2n) is 8.50. The van der Waals surface area contributed by atoms with Crippen molar-refractivity contribution in [3.05, 3.63) is 83.1 Å². The van der Waals surface area contributed by atoms with E-state index in [1.54, 1.807) is 58.6 Å². The minimum Gasteiger partial charge on any atom is -0.456 e. The summed E-state index contributed by atoms with van der Waals surface area (Å²) in [5.41, 5.74) is 2.83. The van der Waals surface area contributed by atoms with Crippen LogP contribution in [-0.4, -0.2) is 42.4 Å². The number of carbonyl (C=O) groups excluding carboxylic acids is 2. The number of amides is 1. The van der Waals surface area contributed by atoms with Gasteiger partial charge in [-0.1, -0.05) is 11.1 Å². The van der Waals surface area contributed by atoms with Crippen molar-refractivity contribution >= 4 is 18.0 Å². The van der Waals surface area contributed by atoms with Gasteiger partial charge in [0.25, 0.3) is 5.91 Å². The van der Waals surface area contributed by atoms with Crippen LogP contribution >= 0.6 is 0 Å². The van der Waals surface area contributed by atoms with Gasteiger partial charge in [0.05, 0.1) is 18.3 Å². The molecule has 8 heteroatoms. The molecule has 0 fully saturated rings. The third kappa shape index (κ3) is 5.52. The zero-order valence-corrected chi connectivity index (χ0v) is 18.6. The van der Waals surface area contributed by atoms with Crippen LogP contribution in [0.5, 0.6) is 0 Å². The first-order valence-electron chi connectivity index (χ1n) is 10.4. The molecule has 0 unspecified atom stereocenters. The van der Waals surface area contributed by atoms with Crippen molar-refractivity contribution in [1.82, 2.24) is 24.9 Å². The average molecular weight is 441 g/mol. The number of fused-ring (bicyclic) bond motifs is 1. The van der Waals surface area contributed by atoms with Gasteiger partial charge in [-0.2, -0.15) is 0 Å². The van der Waals surface area contributed by atoms with Crippen LogP contribution in [0.1, 0.15) is 58.3 Å². The van der Waals surface area contributed by atoms with E-state index in [4.69, 9.17) is 4.74 Å². The summed E-state index contributed by atoms with van der Waals surface area (Å²) < 4.78 is 7.00. The van der Waals surface area contributed by atoms with Crippen LogP contribution in [0.3, 0.4) is 0 Å². The number of benzene rings is 1. The molecule has 8 nitrogen and oxygen atoms in total. The van der Waals surface area contributed by atoms with E-state index >= 15 is 0 Å². The van der Waals surface area contributed by atoms with Crippen LogP contribution in [0.15, 0.2) is 55.1 Å². The summed E-state index contributed by atoms with van der Waals surface area (Å²) in [7, 11) is 0. The Hall–Kier alpha value is -4.25. The molecule has 0 aliphatic carbocycles. The Bertz CT molecular complexity index is 1260. The van der Waals surface area contributed by atoms with Crippen LogP contribution in [0.2, 0.25) is 0 Å². The Labute approximate surface area is 191 Å². The maximum Gasteiger partial charge on any atom is 0.338 e. The van der Waals surface area contributed by atoms with Gasteiger partial charge >= 0.3 is 5.97 Å². The van der Waals surface area contributed by atoms with Crippen LogP contribution in [0, 0.1) is 11.8 Å². The van der Waals surface area contributed by atoms with Gasteiger partial charge in [-0.15, -0.1) is 5.10 Å². The van der Waals surface area contributed by atoms with E-state index in [2.05, 4.69) is 27.1 Å². The number of hydrogen-bond acceptors (Lipinski definition) is 6. The standard InChI is InChI=1S/C25H23N5O3/c1-25(2,3)33-24(32)19-8-6-18(7-9-19)23(31)29-13-10-20-16-26-22(15-21(20)17-29)5-4-12-30-14-11-27-28-30/h6-11,13-16H,12,17H2,1-3H3. The number of pyridine rings is 1. The Morgan fingerprint density at radius 2 is 1.91 bits per heavy atom. The first-order chi connectivity index (χ1) is 15.8. The molecule has 3 heterocycles. The summed E-state index contributed by atoms with van der Waals surface area (Å²) in [6, 6.07) is 8.38. The Kier molecular flexibility index (Phi) is 6.05. The smallest absolute Gasteiger partial charge is 0.338 e. The molecule has 33 heavy (non-hydrogen) atoms. The van der Waals surface area contributed by atoms with E-state index in [1.165, 1.54) is 0 Å². The van der Waals surface area contributed by atoms with Crippen molar-refractivity contribution < 1.29 is 14.3 Å². The number of nitrogens with zero attached hydrogens (tertiary/aromatic N) is 5. The molecule has 0 radical (unpaired) electrons. The van der Waals surface area contributed by atoms with Gasteiger partial charge in [-0.25, -0.2) is 14.5 Å². The molecule has 3 aromatic rings.